The lowest BCUT2D eigenvalue weighted by Gasteiger charge is -2.30. The summed E-state index contributed by atoms with van der Waals surface area (Å²) in [7, 11) is -3.89. The van der Waals surface area contributed by atoms with E-state index in [1.807, 2.05) is 0 Å². The Hall–Kier alpha value is -2.14. The van der Waals surface area contributed by atoms with Crippen molar-refractivity contribution in [3.8, 4) is 0 Å². The van der Waals surface area contributed by atoms with E-state index in [1.165, 1.54) is 0 Å². The number of H-pyrrole nitrogens is 1. The van der Waals surface area contributed by atoms with Gasteiger partial charge in [-0.3, -0.25) is 4.79 Å². The number of alkyl halides is 2. The zero-order chi connectivity index (χ0) is 22.7. The maximum atomic E-state index is 13.8. The van der Waals surface area contributed by atoms with E-state index in [0.717, 1.165) is 18.4 Å². The zero-order valence-electron chi connectivity index (χ0n) is 17.9. The molecule has 1 fully saturated rings. The third-order valence-electron chi connectivity index (χ3n) is 3.45. The van der Waals surface area contributed by atoms with Crippen LogP contribution in [0.1, 0.15) is 31.7 Å². The van der Waals surface area contributed by atoms with Gasteiger partial charge in [-0.15, -0.1) is 0 Å². The van der Waals surface area contributed by atoms with Crippen LogP contribution in [0.4, 0.5) is 14.7 Å². The van der Waals surface area contributed by atoms with E-state index in [9.17, 15) is 22.0 Å². The number of halogens is 2. The number of fused-ring (bicyclic) bond motifs is 1. The van der Waals surface area contributed by atoms with Crippen LogP contribution in [0.25, 0.3) is 11.0 Å². The molecule has 11 heteroatoms. The van der Waals surface area contributed by atoms with Gasteiger partial charge in [-0.1, -0.05) is 0 Å². The summed E-state index contributed by atoms with van der Waals surface area (Å²) in [5.74, 6) is -0.642. The molecule has 2 aromatic heterocycles. The highest BCUT2D eigenvalue weighted by Crippen LogP contribution is 2.25. The predicted octanol–water partition coefficient (Wildman–Crippen LogP) is 1.09. The molecule has 0 spiro atoms. The fourth-order valence-corrected chi connectivity index (χ4v) is 2.85. The number of pyridine rings is 1. The van der Waals surface area contributed by atoms with Crippen molar-refractivity contribution in [3.63, 3.8) is 0 Å². The minimum Gasteiger partial charge on any atom is -0.351 e. The molecule has 25 heavy (non-hydrogen) atoms. The molecule has 2 N–H and O–H groups in total. The van der Waals surface area contributed by atoms with E-state index in [4.69, 9.17) is 6.85 Å². The molecular formula is C14H17F2N5O3S. The molecule has 0 unspecified atom stereocenters. The van der Waals surface area contributed by atoms with Gasteiger partial charge in [0.2, 0.25) is 21.5 Å². The van der Waals surface area contributed by atoms with Gasteiger partial charge in [-0.05, 0) is 18.8 Å². The standard InChI is InChI=1S/C14H17F2N5O3S/c1-25(23,24)21-6-4-8(5-7-21)17-14-19-11(12(15)16)9-2-3-10(22)18-13(9)20-14/h2-3,8,12H,4-7H2,1H3,(H2,17,18,19,20,22)/i4D2,5D2,12D. The Morgan fingerprint density at radius 3 is 2.68 bits per heavy atom. The number of hydrogen-bond acceptors (Lipinski definition) is 6. The number of anilines is 1. The van der Waals surface area contributed by atoms with Crippen molar-refractivity contribution in [3.05, 3.63) is 28.2 Å². The second-order valence-electron chi connectivity index (χ2n) is 5.26. The van der Waals surface area contributed by atoms with Gasteiger partial charge in [0, 0.05) is 36.1 Å². The minimum absolute atomic E-state index is 0.307. The van der Waals surface area contributed by atoms with Crippen molar-refractivity contribution < 1.29 is 24.1 Å². The molecule has 1 aliphatic heterocycles. The van der Waals surface area contributed by atoms with Crippen LogP contribution in [-0.2, 0) is 10.0 Å². The van der Waals surface area contributed by atoms with E-state index in [2.05, 4.69) is 20.3 Å². The number of rotatable bonds is 4. The first-order chi connectivity index (χ1) is 13.5. The predicted molar refractivity (Wildman–Crippen MR) is 88.2 cm³/mol. The summed E-state index contributed by atoms with van der Waals surface area (Å²) in [6.45, 7) is -1.37. The average Bonchev–Trinajstić information content (AvgIpc) is 2.54. The van der Waals surface area contributed by atoms with Gasteiger partial charge in [0.15, 0.2) is 0 Å². The fraction of sp³-hybridized carbons (Fsp3) is 0.500. The lowest BCUT2D eigenvalue weighted by Crippen LogP contribution is -2.42. The Bertz CT molecular complexity index is 1140. The molecule has 0 bridgehead atoms. The monoisotopic (exact) mass is 378 g/mol. The van der Waals surface area contributed by atoms with Gasteiger partial charge in [0.1, 0.15) is 12.7 Å². The summed E-state index contributed by atoms with van der Waals surface area (Å²) < 4.78 is 91.3. The highest BCUT2D eigenvalue weighted by Gasteiger charge is 2.26. The van der Waals surface area contributed by atoms with Crippen LogP contribution >= 0.6 is 0 Å². The van der Waals surface area contributed by atoms with Crippen LogP contribution in [0.2, 0.25) is 0 Å². The number of aromatic nitrogens is 3. The van der Waals surface area contributed by atoms with E-state index in [0.29, 0.717) is 4.31 Å². The Balaban J connectivity index is 2.08. The third-order valence-corrected chi connectivity index (χ3v) is 4.65. The SMILES string of the molecule is [2H]C(F)(F)c1nc(NC2C([2H])([2H])CN(S(C)(=O)=O)CC2([2H])[2H])nc2[nH]c(=O)ccc12. The highest BCUT2D eigenvalue weighted by molar-refractivity contribution is 7.88. The van der Waals surface area contributed by atoms with E-state index < -0.39 is 65.5 Å². The summed E-state index contributed by atoms with van der Waals surface area (Å²) in [5.41, 5.74) is -2.09. The van der Waals surface area contributed by atoms with E-state index in [1.54, 1.807) is 0 Å². The Morgan fingerprint density at radius 2 is 2.08 bits per heavy atom. The Labute approximate surface area is 149 Å². The zero-order valence-corrected chi connectivity index (χ0v) is 13.7. The summed E-state index contributed by atoms with van der Waals surface area (Å²) in [6.07, 6.45) is -8.32. The second kappa shape index (κ2) is 6.64. The van der Waals surface area contributed by atoms with Gasteiger partial charge in [-0.25, -0.2) is 26.5 Å². The number of piperidine rings is 1. The molecular weight excluding hydrogens is 356 g/mol. The number of sulfonamides is 1. The molecule has 0 aromatic carbocycles. The van der Waals surface area contributed by atoms with Crippen molar-refractivity contribution >= 4 is 27.0 Å². The topological polar surface area (TPSA) is 108 Å². The first-order valence-electron chi connectivity index (χ1n) is 9.52. The smallest absolute Gasteiger partial charge is 0.281 e. The summed E-state index contributed by atoms with van der Waals surface area (Å²) in [4.78, 5) is 21.1. The number of aromatic amines is 1. The molecule has 0 atom stereocenters. The first-order valence-corrected chi connectivity index (χ1v) is 8.87. The van der Waals surface area contributed by atoms with Crippen LogP contribution in [0.15, 0.2) is 16.9 Å². The van der Waals surface area contributed by atoms with E-state index >= 15 is 0 Å². The molecule has 8 nitrogen and oxygen atoms in total. The van der Waals surface area contributed by atoms with E-state index in [-0.39, 0.29) is 11.0 Å². The maximum absolute atomic E-state index is 13.8. The highest BCUT2D eigenvalue weighted by atomic mass is 32.2. The van der Waals surface area contributed by atoms with Crippen LogP contribution in [0.3, 0.4) is 0 Å². The Kier molecular flexibility index (Phi) is 3.25. The average molecular weight is 378 g/mol. The van der Waals surface area contributed by atoms with Crippen LogP contribution in [0, 0.1) is 0 Å². The van der Waals surface area contributed by atoms with Gasteiger partial charge in [-0.2, -0.15) is 4.98 Å². The molecule has 1 saturated heterocycles. The van der Waals surface area contributed by atoms with Crippen LogP contribution in [0.5, 0.6) is 0 Å². The number of nitrogens with one attached hydrogen (secondary N) is 2. The Morgan fingerprint density at radius 1 is 1.40 bits per heavy atom. The molecule has 3 rings (SSSR count). The molecule has 1 aliphatic rings. The van der Waals surface area contributed by atoms with Crippen molar-refractivity contribution in [1.82, 2.24) is 19.3 Å². The molecule has 3 heterocycles. The van der Waals surface area contributed by atoms with Crippen LogP contribution < -0.4 is 10.9 Å². The van der Waals surface area contributed by atoms with Gasteiger partial charge < -0.3 is 10.3 Å². The van der Waals surface area contributed by atoms with Crippen molar-refractivity contribution in [2.24, 2.45) is 0 Å². The second-order valence-corrected chi connectivity index (χ2v) is 7.24. The number of nitrogens with zero attached hydrogens (tertiary/aromatic N) is 3. The van der Waals surface area contributed by atoms with Crippen molar-refractivity contribution in [2.45, 2.75) is 25.2 Å². The van der Waals surface area contributed by atoms with Crippen molar-refractivity contribution in [2.75, 3.05) is 24.7 Å². The lowest BCUT2D eigenvalue weighted by molar-refractivity contribution is 0.148. The fourth-order valence-electron chi connectivity index (χ4n) is 2.23. The van der Waals surface area contributed by atoms with Gasteiger partial charge in [0.25, 0.3) is 6.40 Å². The summed E-state index contributed by atoms with van der Waals surface area (Å²) in [6, 6.07) is 0.244. The van der Waals surface area contributed by atoms with Crippen molar-refractivity contribution in [1.29, 1.82) is 0 Å². The molecule has 136 valence electrons. The first kappa shape index (κ1) is 12.3. The van der Waals surface area contributed by atoms with Gasteiger partial charge >= 0.3 is 0 Å². The normalized spacial score (nSPS) is 24.7. The molecule has 0 amide bonds. The molecule has 2 aromatic rings. The lowest BCUT2D eigenvalue weighted by atomic mass is 10.1. The third kappa shape index (κ3) is 3.93. The van der Waals surface area contributed by atoms with Crippen LogP contribution in [-0.4, -0.2) is 53.1 Å². The maximum Gasteiger partial charge on any atom is 0.281 e. The molecule has 0 radical (unpaired) electrons. The largest absolute Gasteiger partial charge is 0.351 e. The van der Waals surface area contributed by atoms with Gasteiger partial charge in [0.05, 0.1) is 6.26 Å². The number of hydrogen-bond donors (Lipinski definition) is 2. The summed E-state index contributed by atoms with van der Waals surface area (Å²) in [5, 5.41) is 2.02. The summed E-state index contributed by atoms with van der Waals surface area (Å²) >= 11 is 0. The molecule has 0 aliphatic carbocycles. The molecule has 0 saturated carbocycles. The quantitative estimate of drug-likeness (QED) is 0.825. The minimum atomic E-state index is -4.19.